The standard InChI is InChI=1S/C16H16FN5O2/c1-11(14-7-8-24-19-14)21(2)16(23)15-10-22(20-18-15)9-12-5-3-4-6-13(12)17/h3-8,10-11H,9H2,1-2H3/t11-/m0/s1. The summed E-state index contributed by atoms with van der Waals surface area (Å²) in [5.41, 5.74) is 1.31. The van der Waals surface area contributed by atoms with Gasteiger partial charge in [-0.05, 0) is 13.0 Å². The lowest BCUT2D eigenvalue weighted by molar-refractivity contribution is 0.0731. The summed E-state index contributed by atoms with van der Waals surface area (Å²) >= 11 is 0. The van der Waals surface area contributed by atoms with Gasteiger partial charge in [0.15, 0.2) is 5.69 Å². The molecule has 3 aromatic rings. The molecule has 124 valence electrons. The molecule has 1 amide bonds. The number of carbonyl (C=O) groups is 1. The molecule has 24 heavy (non-hydrogen) atoms. The van der Waals surface area contributed by atoms with Crippen LogP contribution in [-0.2, 0) is 6.54 Å². The van der Waals surface area contributed by atoms with Crippen LogP contribution in [0.5, 0.6) is 0 Å². The first-order chi connectivity index (χ1) is 11.6. The summed E-state index contributed by atoms with van der Waals surface area (Å²) in [4.78, 5) is 14.0. The van der Waals surface area contributed by atoms with Gasteiger partial charge in [-0.2, -0.15) is 0 Å². The maximum absolute atomic E-state index is 13.7. The van der Waals surface area contributed by atoms with Crippen molar-refractivity contribution in [2.75, 3.05) is 7.05 Å². The van der Waals surface area contributed by atoms with Crippen LogP contribution in [0.3, 0.4) is 0 Å². The largest absolute Gasteiger partial charge is 0.364 e. The molecule has 0 bridgehead atoms. The van der Waals surface area contributed by atoms with Gasteiger partial charge in [0.1, 0.15) is 17.8 Å². The summed E-state index contributed by atoms with van der Waals surface area (Å²) in [5, 5.41) is 11.6. The predicted octanol–water partition coefficient (Wildman–Crippen LogP) is 2.29. The van der Waals surface area contributed by atoms with E-state index >= 15 is 0 Å². The third-order valence-electron chi connectivity index (χ3n) is 3.84. The Kier molecular flexibility index (Phi) is 4.37. The van der Waals surface area contributed by atoms with Crippen molar-refractivity contribution < 1.29 is 13.7 Å². The fraction of sp³-hybridized carbons (Fsp3) is 0.250. The Bertz CT molecular complexity index is 831. The molecule has 7 nitrogen and oxygen atoms in total. The van der Waals surface area contributed by atoms with Crippen molar-refractivity contribution >= 4 is 5.91 Å². The molecule has 0 aliphatic rings. The fourth-order valence-corrected chi connectivity index (χ4v) is 2.27. The lowest BCUT2D eigenvalue weighted by atomic mass is 10.2. The average Bonchev–Trinajstić information content (AvgIpc) is 3.26. The van der Waals surface area contributed by atoms with Crippen molar-refractivity contribution in [3.05, 3.63) is 65.6 Å². The Balaban J connectivity index is 1.73. The van der Waals surface area contributed by atoms with Gasteiger partial charge in [0, 0.05) is 18.7 Å². The van der Waals surface area contributed by atoms with Crippen molar-refractivity contribution in [2.24, 2.45) is 0 Å². The van der Waals surface area contributed by atoms with Gasteiger partial charge in [0.25, 0.3) is 5.91 Å². The molecule has 0 aliphatic carbocycles. The van der Waals surface area contributed by atoms with E-state index < -0.39 is 0 Å². The molecule has 0 aliphatic heterocycles. The normalized spacial score (nSPS) is 12.1. The highest BCUT2D eigenvalue weighted by Crippen LogP contribution is 2.18. The highest BCUT2D eigenvalue weighted by molar-refractivity contribution is 5.92. The minimum Gasteiger partial charge on any atom is -0.364 e. The second kappa shape index (κ2) is 6.61. The minimum atomic E-state index is -0.322. The van der Waals surface area contributed by atoms with Crippen LogP contribution in [0.2, 0.25) is 0 Å². The van der Waals surface area contributed by atoms with E-state index in [1.54, 1.807) is 31.3 Å². The van der Waals surface area contributed by atoms with Crippen molar-refractivity contribution in [1.29, 1.82) is 0 Å². The number of amides is 1. The number of aromatic nitrogens is 4. The van der Waals surface area contributed by atoms with Crippen LogP contribution < -0.4 is 0 Å². The highest BCUT2D eigenvalue weighted by Gasteiger charge is 2.23. The first-order valence-corrected chi connectivity index (χ1v) is 7.37. The summed E-state index contributed by atoms with van der Waals surface area (Å²) in [6, 6.07) is 7.84. The van der Waals surface area contributed by atoms with Gasteiger partial charge in [-0.3, -0.25) is 4.79 Å². The Morgan fingerprint density at radius 1 is 1.38 bits per heavy atom. The van der Waals surface area contributed by atoms with E-state index in [2.05, 4.69) is 15.5 Å². The highest BCUT2D eigenvalue weighted by atomic mass is 19.1. The molecule has 8 heteroatoms. The maximum atomic E-state index is 13.7. The number of benzene rings is 1. The molecule has 0 unspecified atom stereocenters. The lowest BCUT2D eigenvalue weighted by Gasteiger charge is -2.21. The number of hydrogen-bond acceptors (Lipinski definition) is 5. The van der Waals surface area contributed by atoms with Crippen LogP contribution in [0, 0.1) is 5.82 Å². The summed E-state index contributed by atoms with van der Waals surface area (Å²) in [5.74, 6) is -0.622. The van der Waals surface area contributed by atoms with Crippen LogP contribution in [-0.4, -0.2) is 38.0 Å². The van der Waals surface area contributed by atoms with Crippen LogP contribution in [0.4, 0.5) is 4.39 Å². The average molecular weight is 329 g/mol. The lowest BCUT2D eigenvalue weighted by Crippen LogP contribution is -2.30. The smallest absolute Gasteiger partial charge is 0.276 e. The van der Waals surface area contributed by atoms with Gasteiger partial charge < -0.3 is 9.42 Å². The third-order valence-corrected chi connectivity index (χ3v) is 3.84. The van der Waals surface area contributed by atoms with E-state index in [1.165, 1.54) is 28.1 Å². The Hall–Kier alpha value is -3.03. The Labute approximate surface area is 137 Å². The van der Waals surface area contributed by atoms with Crippen molar-refractivity contribution in [3.8, 4) is 0 Å². The molecule has 0 fully saturated rings. The quantitative estimate of drug-likeness (QED) is 0.718. The maximum Gasteiger partial charge on any atom is 0.276 e. The number of rotatable bonds is 5. The second-order valence-electron chi connectivity index (χ2n) is 5.41. The molecule has 0 saturated heterocycles. The van der Waals surface area contributed by atoms with Gasteiger partial charge in [-0.15, -0.1) is 5.10 Å². The van der Waals surface area contributed by atoms with E-state index in [4.69, 9.17) is 4.52 Å². The van der Waals surface area contributed by atoms with Crippen LogP contribution in [0.15, 0.2) is 47.3 Å². The molecule has 0 spiro atoms. The van der Waals surface area contributed by atoms with Gasteiger partial charge >= 0.3 is 0 Å². The first-order valence-electron chi connectivity index (χ1n) is 7.37. The third kappa shape index (κ3) is 3.17. The Morgan fingerprint density at radius 2 is 2.17 bits per heavy atom. The summed E-state index contributed by atoms with van der Waals surface area (Å²) in [6.07, 6.45) is 2.95. The molecule has 1 aromatic carbocycles. The molecule has 0 N–H and O–H groups in total. The van der Waals surface area contributed by atoms with Crippen molar-refractivity contribution in [2.45, 2.75) is 19.5 Å². The molecule has 2 heterocycles. The van der Waals surface area contributed by atoms with E-state index in [-0.39, 0.29) is 30.0 Å². The number of nitrogens with zero attached hydrogens (tertiary/aromatic N) is 5. The number of hydrogen-bond donors (Lipinski definition) is 0. The summed E-state index contributed by atoms with van der Waals surface area (Å²) in [7, 11) is 1.65. The summed E-state index contributed by atoms with van der Waals surface area (Å²) in [6.45, 7) is 2.04. The molecule has 0 saturated carbocycles. The fourth-order valence-electron chi connectivity index (χ4n) is 2.27. The molecule has 0 radical (unpaired) electrons. The zero-order valence-corrected chi connectivity index (χ0v) is 13.3. The second-order valence-corrected chi connectivity index (χ2v) is 5.41. The zero-order valence-electron chi connectivity index (χ0n) is 13.3. The monoisotopic (exact) mass is 329 g/mol. The Morgan fingerprint density at radius 3 is 2.88 bits per heavy atom. The molecule has 1 atom stereocenters. The van der Waals surface area contributed by atoms with Gasteiger partial charge in [-0.1, -0.05) is 28.6 Å². The van der Waals surface area contributed by atoms with E-state index in [0.717, 1.165) is 0 Å². The van der Waals surface area contributed by atoms with Gasteiger partial charge in [0.2, 0.25) is 0 Å². The van der Waals surface area contributed by atoms with Crippen LogP contribution in [0.25, 0.3) is 0 Å². The van der Waals surface area contributed by atoms with E-state index in [1.807, 2.05) is 6.92 Å². The topological polar surface area (TPSA) is 77.0 Å². The van der Waals surface area contributed by atoms with Crippen molar-refractivity contribution in [1.82, 2.24) is 25.1 Å². The van der Waals surface area contributed by atoms with Crippen molar-refractivity contribution in [3.63, 3.8) is 0 Å². The van der Waals surface area contributed by atoms with Gasteiger partial charge in [-0.25, -0.2) is 9.07 Å². The first kappa shape index (κ1) is 15.9. The number of carbonyl (C=O) groups excluding carboxylic acids is 1. The SMILES string of the molecule is C[C@@H](c1ccon1)N(C)C(=O)c1cn(Cc2ccccc2F)nn1. The minimum absolute atomic E-state index is 0.184. The molecular formula is C16H16FN5O2. The number of halogens is 1. The molecule has 2 aromatic heterocycles. The van der Waals surface area contributed by atoms with E-state index in [0.29, 0.717) is 11.3 Å². The summed E-state index contributed by atoms with van der Waals surface area (Å²) < 4.78 is 19.9. The molecular weight excluding hydrogens is 313 g/mol. The van der Waals surface area contributed by atoms with Crippen LogP contribution >= 0.6 is 0 Å². The van der Waals surface area contributed by atoms with Crippen LogP contribution in [0.1, 0.15) is 34.7 Å². The predicted molar refractivity (Wildman–Crippen MR) is 82.5 cm³/mol. The zero-order chi connectivity index (χ0) is 17.1. The molecule has 3 rings (SSSR count). The van der Waals surface area contributed by atoms with E-state index in [9.17, 15) is 9.18 Å². The van der Waals surface area contributed by atoms with Gasteiger partial charge in [0.05, 0.1) is 18.8 Å².